The van der Waals surface area contributed by atoms with Crippen LogP contribution in [0.5, 0.6) is 0 Å². The Balaban J connectivity index is 2.73. The van der Waals surface area contributed by atoms with Crippen molar-refractivity contribution in [3.63, 3.8) is 0 Å². The van der Waals surface area contributed by atoms with Gasteiger partial charge in [-0.1, -0.05) is 32.4 Å². The van der Waals surface area contributed by atoms with Crippen molar-refractivity contribution in [3.8, 4) is 0 Å². The van der Waals surface area contributed by atoms with Crippen LogP contribution in [0.1, 0.15) is 32.0 Å². The maximum Gasteiger partial charge on any atom is 0.328 e. The molecule has 0 spiro atoms. The Hall–Kier alpha value is -1.87. The highest BCUT2D eigenvalue weighted by molar-refractivity contribution is 6.31. The van der Waals surface area contributed by atoms with E-state index in [1.165, 1.54) is 0 Å². The van der Waals surface area contributed by atoms with E-state index in [4.69, 9.17) is 16.7 Å². The molecule has 0 saturated heterocycles. The fraction of sp³-hybridized carbons (Fsp3) is 0.250. The Morgan fingerprint density at radius 2 is 2.00 bits per heavy atom. The first kappa shape index (κ1) is 14.5. The van der Waals surface area contributed by atoms with Crippen LogP contribution in [0.4, 0.5) is 0 Å². The molecule has 0 radical (unpaired) electrons. The number of halogens is 1. The summed E-state index contributed by atoms with van der Waals surface area (Å²) in [4.78, 5) is 15.4. The number of hydrogen-bond acceptors (Lipinski definition) is 2. The summed E-state index contributed by atoms with van der Waals surface area (Å²) in [5.74, 6) is -0.978. The molecular formula is C16H16ClNO2. The number of rotatable bonds is 2. The molecule has 0 aliphatic rings. The lowest BCUT2D eigenvalue weighted by Gasteiger charge is -2.19. The second-order valence-electron chi connectivity index (χ2n) is 5.68. The first-order chi connectivity index (χ1) is 9.27. The zero-order chi connectivity index (χ0) is 14.9. The summed E-state index contributed by atoms with van der Waals surface area (Å²) in [6.07, 6.45) is 2.71. The maximum absolute atomic E-state index is 10.7. The standard InChI is InChI=1S/C16H16ClNO2/c1-16(2,3)14-8-10(4-7-15(19)20)12-9-11(17)5-6-13(12)18-14/h4-9H,1-3H3,(H,19,20)/b7-4+. The van der Waals surface area contributed by atoms with E-state index < -0.39 is 5.97 Å². The van der Waals surface area contributed by atoms with Crippen LogP contribution in [0, 0.1) is 0 Å². The molecule has 0 aliphatic heterocycles. The van der Waals surface area contributed by atoms with Crippen LogP contribution >= 0.6 is 11.6 Å². The van der Waals surface area contributed by atoms with Crippen LogP contribution in [0.3, 0.4) is 0 Å². The van der Waals surface area contributed by atoms with Gasteiger partial charge in [0.15, 0.2) is 0 Å². The fourth-order valence-electron chi connectivity index (χ4n) is 1.91. The largest absolute Gasteiger partial charge is 0.478 e. The average Bonchev–Trinajstić information content (AvgIpc) is 2.34. The van der Waals surface area contributed by atoms with Gasteiger partial charge < -0.3 is 5.11 Å². The number of carboxylic acids is 1. The summed E-state index contributed by atoms with van der Waals surface area (Å²) in [6.45, 7) is 6.21. The molecule has 0 unspecified atom stereocenters. The third-order valence-corrected chi connectivity index (χ3v) is 3.21. The van der Waals surface area contributed by atoms with E-state index >= 15 is 0 Å². The number of carbonyl (C=O) groups is 1. The van der Waals surface area contributed by atoms with Crippen LogP contribution in [0.2, 0.25) is 5.02 Å². The molecule has 0 fully saturated rings. The van der Waals surface area contributed by atoms with Crippen LogP contribution in [0.25, 0.3) is 17.0 Å². The van der Waals surface area contributed by atoms with Crippen LogP contribution in [-0.4, -0.2) is 16.1 Å². The molecule has 3 nitrogen and oxygen atoms in total. The maximum atomic E-state index is 10.7. The van der Waals surface area contributed by atoms with Crippen molar-refractivity contribution >= 4 is 34.5 Å². The molecular weight excluding hydrogens is 274 g/mol. The number of pyridine rings is 1. The zero-order valence-corrected chi connectivity index (χ0v) is 12.4. The van der Waals surface area contributed by atoms with Crippen molar-refractivity contribution in [2.24, 2.45) is 0 Å². The molecule has 0 amide bonds. The minimum atomic E-state index is -0.978. The van der Waals surface area contributed by atoms with E-state index in [9.17, 15) is 4.79 Å². The van der Waals surface area contributed by atoms with Gasteiger partial charge in [-0.05, 0) is 35.9 Å². The van der Waals surface area contributed by atoms with Gasteiger partial charge in [0.2, 0.25) is 0 Å². The number of hydrogen-bond donors (Lipinski definition) is 1. The molecule has 1 aromatic carbocycles. The number of benzene rings is 1. The van der Waals surface area contributed by atoms with Gasteiger partial charge in [-0.15, -0.1) is 0 Å². The average molecular weight is 290 g/mol. The van der Waals surface area contributed by atoms with Crippen molar-refractivity contribution in [3.05, 3.63) is 46.6 Å². The van der Waals surface area contributed by atoms with Crippen molar-refractivity contribution < 1.29 is 9.90 Å². The van der Waals surface area contributed by atoms with Crippen LogP contribution in [-0.2, 0) is 10.2 Å². The summed E-state index contributed by atoms with van der Waals surface area (Å²) in [5.41, 5.74) is 2.42. The lowest BCUT2D eigenvalue weighted by Crippen LogP contribution is -2.13. The van der Waals surface area contributed by atoms with Gasteiger partial charge in [0, 0.05) is 27.6 Å². The topological polar surface area (TPSA) is 50.2 Å². The minimum absolute atomic E-state index is 0.111. The minimum Gasteiger partial charge on any atom is -0.478 e. The summed E-state index contributed by atoms with van der Waals surface area (Å²) >= 11 is 6.01. The highest BCUT2D eigenvalue weighted by Crippen LogP contribution is 2.28. The molecule has 20 heavy (non-hydrogen) atoms. The quantitative estimate of drug-likeness (QED) is 0.839. The van der Waals surface area contributed by atoms with Gasteiger partial charge in [-0.2, -0.15) is 0 Å². The van der Waals surface area contributed by atoms with E-state index in [0.717, 1.165) is 28.2 Å². The molecule has 1 aromatic heterocycles. The first-order valence-corrected chi connectivity index (χ1v) is 6.67. The second-order valence-corrected chi connectivity index (χ2v) is 6.12. The SMILES string of the molecule is CC(C)(C)c1cc(/C=C/C(=O)O)c2cc(Cl)ccc2n1. The normalized spacial score (nSPS) is 12.2. The third-order valence-electron chi connectivity index (χ3n) is 2.98. The van der Waals surface area contributed by atoms with E-state index in [1.807, 2.05) is 12.1 Å². The first-order valence-electron chi connectivity index (χ1n) is 6.29. The fourth-order valence-corrected chi connectivity index (χ4v) is 2.08. The Labute approximate surface area is 122 Å². The van der Waals surface area contributed by atoms with Gasteiger partial charge in [-0.25, -0.2) is 4.79 Å². The lowest BCUT2D eigenvalue weighted by atomic mass is 9.90. The summed E-state index contributed by atoms with van der Waals surface area (Å²) in [5, 5.41) is 10.3. The number of aromatic nitrogens is 1. The van der Waals surface area contributed by atoms with Crippen molar-refractivity contribution in [2.45, 2.75) is 26.2 Å². The molecule has 2 rings (SSSR count). The lowest BCUT2D eigenvalue weighted by molar-refractivity contribution is -0.131. The van der Waals surface area contributed by atoms with Gasteiger partial charge in [0.25, 0.3) is 0 Å². The number of aliphatic carboxylic acids is 1. The molecule has 0 atom stereocenters. The van der Waals surface area contributed by atoms with E-state index in [-0.39, 0.29) is 5.41 Å². The Kier molecular flexibility index (Phi) is 3.82. The zero-order valence-electron chi connectivity index (χ0n) is 11.6. The van der Waals surface area contributed by atoms with Crippen molar-refractivity contribution in [2.75, 3.05) is 0 Å². The molecule has 0 bridgehead atoms. The monoisotopic (exact) mass is 289 g/mol. The Bertz CT molecular complexity index is 699. The highest BCUT2D eigenvalue weighted by Gasteiger charge is 2.17. The van der Waals surface area contributed by atoms with Crippen molar-refractivity contribution in [1.29, 1.82) is 0 Å². The van der Waals surface area contributed by atoms with Gasteiger partial charge in [-0.3, -0.25) is 4.98 Å². The molecule has 1 N–H and O–H groups in total. The predicted octanol–water partition coefficient (Wildman–Crippen LogP) is 4.28. The van der Waals surface area contributed by atoms with E-state index in [0.29, 0.717) is 5.02 Å². The molecule has 0 aliphatic carbocycles. The van der Waals surface area contributed by atoms with E-state index in [1.54, 1.807) is 18.2 Å². The third kappa shape index (κ3) is 3.17. The molecule has 2 aromatic rings. The number of carboxylic acid groups (broad SMARTS) is 1. The molecule has 1 heterocycles. The highest BCUT2D eigenvalue weighted by atomic mass is 35.5. The Morgan fingerprint density at radius 1 is 1.30 bits per heavy atom. The Morgan fingerprint density at radius 3 is 2.60 bits per heavy atom. The van der Waals surface area contributed by atoms with Gasteiger partial charge >= 0.3 is 5.97 Å². The van der Waals surface area contributed by atoms with Crippen molar-refractivity contribution in [1.82, 2.24) is 4.98 Å². The number of fused-ring (bicyclic) bond motifs is 1. The molecule has 4 heteroatoms. The van der Waals surface area contributed by atoms with Crippen LogP contribution < -0.4 is 0 Å². The summed E-state index contributed by atoms with van der Waals surface area (Å²) in [6, 6.07) is 7.36. The van der Waals surface area contributed by atoms with Gasteiger partial charge in [0.1, 0.15) is 0 Å². The molecule has 104 valence electrons. The smallest absolute Gasteiger partial charge is 0.328 e. The molecule has 0 saturated carbocycles. The van der Waals surface area contributed by atoms with Gasteiger partial charge in [0.05, 0.1) is 5.52 Å². The van der Waals surface area contributed by atoms with E-state index in [2.05, 4.69) is 25.8 Å². The van der Waals surface area contributed by atoms with Crippen LogP contribution in [0.15, 0.2) is 30.3 Å². The summed E-state index contributed by atoms with van der Waals surface area (Å²) in [7, 11) is 0. The summed E-state index contributed by atoms with van der Waals surface area (Å²) < 4.78 is 0. The number of nitrogens with zero attached hydrogens (tertiary/aromatic N) is 1. The predicted molar refractivity (Wildman–Crippen MR) is 82.1 cm³/mol. The second kappa shape index (κ2) is 5.25.